The van der Waals surface area contributed by atoms with E-state index in [2.05, 4.69) is 20.7 Å². The standard InChI is InChI=1S/C17H21N5O5S/c1-4-7-27-12-6-5-11(8-13(12)26-3)9-18-20-14(23)10(2)28-16-15(24)19-17(25)22-21-16/h5-6,8-10H,4,7H2,1-3H3,(H,20,23)(H2,19,22,24,25)/b18-9+. The summed E-state index contributed by atoms with van der Waals surface area (Å²) in [5, 5.41) is 8.96. The fraction of sp³-hybridized carbons (Fsp3) is 0.353. The SMILES string of the molecule is CCCOc1ccc(/C=N/NC(=O)C(C)Sc2n[nH]c(=O)[nH]c2=O)cc1OC. The highest BCUT2D eigenvalue weighted by atomic mass is 32.2. The van der Waals surface area contributed by atoms with Gasteiger partial charge >= 0.3 is 5.69 Å². The fourth-order valence-corrected chi connectivity index (χ4v) is 2.75. The Bertz CT molecular complexity index is 955. The van der Waals surface area contributed by atoms with Gasteiger partial charge in [-0.1, -0.05) is 18.7 Å². The lowest BCUT2D eigenvalue weighted by Crippen LogP contribution is -2.30. The molecule has 28 heavy (non-hydrogen) atoms. The van der Waals surface area contributed by atoms with Crippen molar-refractivity contribution in [1.29, 1.82) is 0 Å². The molecule has 3 N–H and O–H groups in total. The van der Waals surface area contributed by atoms with Gasteiger partial charge in [0.1, 0.15) is 0 Å². The Kier molecular flexibility index (Phi) is 7.81. The molecular weight excluding hydrogens is 386 g/mol. The van der Waals surface area contributed by atoms with E-state index >= 15 is 0 Å². The van der Waals surface area contributed by atoms with Crippen molar-refractivity contribution in [2.45, 2.75) is 30.5 Å². The quantitative estimate of drug-likeness (QED) is 0.319. The largest absolute Gasteiger partial charge is 0.493 e. The van der Waals surface area contributed by atoms with Gasteiger partial charge in [0, 0.05) is 0 Å². The molecule has 1 unspecified atom stereocenters. The first-order valence-corrected chi connectivity index (χ1v) is 9.32. The Morgan fingerprint density at radius 3 is 2.86 bits per heavy atom. The predicted octanol–water partition coefficient (Wildman–Crippen LogP) is 0.886. The maximum Gasteiger partial charge on any atom is 0.342 e. The molecule has 1 atom stereocenters. The highest BCUT2D eigenvalue weighted by molar-refractivity contribution is 8.00. The molecule has 1 aromatic carbocycles. The van der Waals surface area contributed by atoms with E-state index in [9.17, 15) is 14.4 Å². The monoisotopic (exact) mass is 407 g/mol. The number of rotatable bonds is 9. The van der Waals surface area contributed by atoms with Crippen LogP contribution in [0.2, 0.25) is 0 Å². The summed E-state index contributed by atoms with van der Waals surface area (Å²) in [5.41, 5.74) is 1.73. The van der Waals surface area contributed by atoms with Crippen molar-refractivity contribution in [1.82, 2.24) is 20.6 Å². The van der Waals surface area contributed by atoms with E-state index in [0.717, 1.165) is 18.2 Å². The number of hydrazone groups is 1. The number of amides is 1. The second-order valence-corrected chi connectivity index (χ2v) is 6.89. The Morgan fingerprint density at radius 1 is 1.39 bits per heavy atom. The van der Waals surface area contributed by atoms with Gasteiger partial charge in [-0.15, -0.1) is 0 Å². The van der Waals surface area contributed by atoms with E-state index in [4.69, 9.17) is 9.47 Å². The first-order chi connectivity index (χ1) is 13.4. The van der Waals surface area contributed by atoms with Crippen molar-refractivity contribution in [2.75, 3.05) is 13.7 Å². The van der Waals surface area contributed by atoms with Crippen LogP contribution in [0, 0.1) is 0 Å². The predicted molar refractivity (Wildman–Crippen MR) is 105 cm³/mol. The minimum atomic E-state index is -0.711. The number of carbonyl (C=O) groups is 1. The minimum absolute atomic E-state index is 0.0152. The third kappa shape index (κ3) is 5.98. The molecule has 0 bridgehead atoms. The lowest BCUT2D eigenvalue weighted by atomic mass is 10.2. The fourth-order valence-electron chi connectivity index (χ4n) is 1.99. The summed E-state index contributed by atoms with van der Waals surface area (Å²) in [4.78, 5) is 36.7. The average molecular weight is 407 g/mol. The number of H-pyrrole nitrogens is 2. The van der Waals surface area contributed by atoms with Crippen LogP contribution in [0.25, 0.3) is 0 Å². The number of thioether (sulfide) groups is 1. The highest BCUT2D eigenvalue weighted by Crippen LogP contribution is 2.27. The number of hydrogen-bond acceptors (Lipinski definition) is 8. The first-order valence-electron chi connectivity index (χ1n) is 8.44. The third-order valence-electron chi connectivity index (χ3n) is 3.38. The Hall–Kier alpha value is -3.08. The van der Waals surface area contributed by atoms with E-state index in [0.29, 0.717) is 23.7 Å². The van der Waals surface area contributed by atoms with Gasteiger partial charge in [-0.05, 0) is 37.1 Å². The van der Waals surface area contributed by atoms with Gasteiger partial charge in [-0.2, -0.15) is 10.2 Å². The third-order valence-corrected chi connectivity index (χ3v) is 4.44. The molecule has 10 nitrogen and oxygen atoms in total. The van der Waals surface area contributed by atoms with Crippen molar-refractivity contribution >= 4 is 23.9 Å². The molecule has 0 fully saturated rings. The molecular formula is C17H21N5O5S. The second kappa shape index (κ2) is 10.3. The van der Waals surface area contributed by atoms with Crippen LogP contribution < -0.4 is 26.1 Å². The van der Waals surface area contributed by atoms with Crippen LogP contribution in [0.4, 0.5) is 0 Å². The Morgan fingerprint density at radius 2 is 2.18 bits per heavy atom. The molecule has 0 saturated carbocycles. The van der Waals surface area contributed by atoms with E-state index in [-0.39, 0.29) is 5.03 Å². The van der Waals surface area contributed by atoms with E-state index < -0.39 is 22.4 Å². The van der Waals surface area contributed by atoms with Gasteiger partial charge in [0.15, 0.2) is 16.5 Å². The van der Waals surface area contributed by atoms with Crippen LogP contribution in [-0.4, -0.2) is 46.3 Å². The number of aromatic amines is 2. The summed E-state index contributed by atoms with van der Waals surface area (Å²) < 4.78 is 10.9. The second-order valence-electron chi connectivity index (χ2n) is 5.57. The van der Waals surface area contributed by atoms with Crippen LogP contribution in [-0.2, 0) is 4.79 Å². The summed E-state index contributed by atoms with van der Waals surface area (Å²) in [7, 11) is 1.54. The molecule has 1 aromatic heterocycles. The topological polar surface area (TPSA) is 139 Å². The number of ether oxygens (including phenoxy) is 2. The van der Waals surface area contributed by atoms with Crippen LogP contribution >= 0.6 is 11.8 Å². The molecule has 1 heterocycles. The molecule has 2 rings (SSSR count). The summed E-state index contributed by atoms with van der Waals surface area (Å²) in [6.45, 7) is 4.19. The zero-order valence-electron chi connectivity index (χ0n) is 15.6. The number of carbonyl (C=O) groups excluding carboxylic acids is 1. The molecule has 0 aliphatic carbocycles. The van der Waals surface area contributed by atoms with Crippen molar-refractivity contribution in [3.63, 3.8) is 0 Å². The normalized spacial score (nSPS) is 12.0. The van der Waals surface area contributed by atoms with Gasteiger partial charge in [0.2, 0.25) is 0 Å². The van der Waals surface area contributed by atoms with Crippen LogP contribution in [0.15, 0.2) is 37.9 Å². The van der Waals surface area contributed by atoms with Crippen LogP contribution in [0.3, 0.4) is 0 Å². The Labute approximate surface area is 164 Å². The maximum atomic E-state index is 12.1. The van der Waals surface area contributed by atoms with E-state index in [1.165, 1.54) is 6.21 Å². The lowest BCUT2D eigenvalue weighted by Gasteiger charge is -2.10. The van der Waals surface area contributed by atoms with Gasteiger partial charge in [-0.3, -0.25) is 14.6 Å². The van der Waals surface area contributed by atoms with Gasteiger partial charge < -0.3 is 9.47 Å². The number of nitrogens with one attached hydrogen (secondary N) is 3. The van der Waals surface area contributed by atoms with Gasteiger partial charge in [0.25, 0.3) is 11.5 Å². The number of methoxy groups -OCH3 is 1. The molecule has 1 amide bonds. The average Bonchev–Trinajstić information content (AvgIpc) is 2.68. The van der Waals surface area contributed by atoms with E-state index in [1.807, 2.05) is 11.9 Å². The Balaban J connectivity index is 1.96. The molecule has 150 valence electrons. The van der Waals surface area contributed by atoms with Crippen LogP contribution in [0.5, 0.6) is 11.5 Å². The summed E-state index contributed by atoms with van der Waals surface area (Å²) in [5.74, 6) is 0.772. The van der Waals surface area contributed by atoms with Crippen molar-refractivity contribution < 1.29 is 14.3 Å². The highest BCUT2D eigenvalue weighted by Gasteiger charge is 2.17. The molecule has 0 spiro atoms. The number of nitrogens with zero attached hydrogens (tertiary/aromatic N) is 2. The first kappa shape index (κ1) is 21.2. The number of hydrogen-bond donors (Lipinski definition) is 3. The summed E-state index contributed by atoms with van der Waals surface area (Å²) in [6.07, 6.45) is 2.35. The zero-order chi connectivity index (χ0) is 20.5. The molecule has 11 heteroatoms. The molecule has 0 aliphatic rings. The van der Waals surface area contributed by atoms with Crippen molar-refractivity contribution in [2.24, 2.45) is 5.10 Å². The van der Waals surface area contributed by atoms with E-state index in [1.54, 1.807) is 32.2 Å². The smallest absolute Gasteiger partial charge is 0.342 e. The molecule has 0 aliphatic heterocycles. The van der Waals surface area contributed by atoms with Crippen molar-refractivity contribution in [3.05, 3.63) is 44.6 Å². The molecule has 0 saturated heterocycles. The zero-order valence-corrected chi connectivity index (χ0v) is 16.5. The van der Waals surface area contributed by atoms with Gasteiger partial charge in [0.05, 0.1) is 25.2 Å². The molecule has 2 aromatic rings. The van der Waals surface area contributed by atoms with Crippen molar-refractivity contribution in [3.8, 4) is 11.5 Å². The lowest BCUT2D eigenvalue weighted by molar-refractivity contribution is -0.120. The minimum Gasteiger partial charge on any atom is -0.493 e. The van der Waals surface area contributed by atoms with Gasteiger partial charge in [-0.25, -0.2) is 15.3 Å². The number of benzene rings is 1. The maximum absolute atomic E-state index is 12.1. The van der Waals surface area contributed by atoms with Crippen LogP contribution in [0.1, 0.15) is 25.8 Å². The number of aromatic nitrogens is 3. The summed E-state index contributed by atoms with van der Waals surface area (Å²) >= 11 is 0.901. The molecule has 0 radical (unpaired) electrons. The summed E-state index contributed by atoms with van der Waals surface area (Å²) in [6, 6.07) is 5.29.